The fraction of sp³-hybridized carbons (Fsp3) is 0.333. The van der Waals surface area contributed by atoms with Crippen LogP contribution in [0.1, 0.15) is 19.8 Å². The molecule has 0 heterocycles. The van der Waals surface area contributed by atoms with E-state index in [1.165, 1.54) is 0 Å². The Morgan fingerprint density at radius 1 is 0.862 bits per heavy atom. The van der Waals surface area contributed by atoms with E-state index < -0.39 is 22.6 Å². The summed E-state index contributed by atoms with van der Waals surface area (Å²) < 4.78 is 22.7. The highest BCUT2D eigenvalue weighted by molar-refractivity contribution is 7.86. The average molecular weight is 419 g/mol. The molecule has 0 aliphatic heterocycles. The molecule has 2 aromatic carbocycles. The standard InChI is InChI=1S/C21H26N2O5S/c1-3-4-13-28-19-11-7-17(8-12-19)23-21(25)15-29(26)14-20(24)22-16-5-9-18(27-2)10-6-16/h5-12H,3-4,13-15H2,1-2H3,(H,22,24)(H,23,25)/t29-/m0/s1. The fourth-order valence-electron chi connectivity index (χ4n) is 2.38. The molecular weight excluding hydrogens is 392 g/mol. The molecule has 0 bridgehead atoms. The Labute approximate surface area is 173 Å². The molecule has 0 unspecified atom stereocenters. The fourth-order valence-corrected chi connectivity index (χ4v) is 3.21. The van der Waals surface area contributed by atoms with E-state index >= 15 is 0 Å². The monoisotopic (exact) mass is 418 g/mol. The van der Waals surface area contributed by atoms with Gasteiger partial charge in [-0.2, -0.15) is 0 Å². The number of carbonyl (C=O) groups is 2. The van der Waals surface area contributed by atoms with Crippen molar-refractivity contribution in [3.8, 4) is 11.5 Å². The second-order valence-corrected chi connectivity index (χ2v) is 7.74. The van der Waals surface area contributed by atoms with Crippen LogP contribution in [-0.4, -0.2) is 41.2 Å². The van der Waals surface area contributed by atoms with Crippen LogP contribution in [0.4, 0.5) is 11.4 Å². The minimum absolute atomic E-state index is 0.259. The van der Waals surface area contributed by atoms with E-state index in [0.717, 1.165) is 18.6 Å². The van der Waals surface area contributed by atoms with Crippen LogP contribution in [0, 0.1) is 0 Å². The first-order chi connectivity index (χ1) is 14.0. The Balaban J connectivity index is 1.74. The number of rotatable bonds is 11. The molecule has 0 radical (unpaired) electrons. The van der Waals surface area contributed by atoms with E-state index in [1.807, 2.05) is 0 Å². The van der Waals surface area contributed by atoms with Crippen molar-refractivity contribution >= 4 is 34.0 Å². The second kappa shape index (κ2) is 11.9. The van der Waals surface area contributed by atoms with Crippen molar-refractivity contribution in [3.05, 3.63) is 48.5 Å². The van der Waals surface area contributed by atoms with Gasteiger partial charge in [-0.3, -0.25) is 13.8 Å². The minimum atomic E-state index is -1.62. The molecule has 0 aromatic heterocycles. The SMILES string of the molecule is CCCCOc1ccc(NC(=O)C[S@@](=O)CC(=O)Nc2ccc(OC)cc2)cc1. The summed E-state index contributed by atoms with van der Waals surface area (Å²) in [6.45, 7) is 2.74. The average Bonchev–Trinajstić information content (AvgIpc) is 2.69. The van der Waals surface area contributed by atoms with Crippen molar-refractivity contribution in [2.45, 2.75) is 19.8 Å². The molecule has 2 rings (SSSR count). The van der Waals surface area contributed by atoms with Gasteiger partial charge in [0, 0.05) is 22.2 Å². The first kappa shape index (κ1) is 22.4. The molecule has 0 fully saturated rings. The Morgan fingerprint density at radius 3 is 1.79 bits per heavy atom. The zero-order valence-corrected chi connectivity index (χ0v) is 17.4. The molecule has 2 aromatic rings. The van der Waals surface area contributed by atoms with Crippen LogP contribution in [0.25, 0.3) is 0 Å². The first-order valence-corrected chi connectivity index (χ1v) is 10.8. The third-order valence-electron chi connectivity index (χ3n) is 3.86. The molecule has 2 N–H and O–H groups in total. The van der Waals surface area contributed by atoms with Crippen LogP contribution < -0.4 is 20.1 Å². The van der Waals surface area contributed by atoms with Crippen LogP contribution in [0.3, 0.4) is 0 Å². The molecule has 8 heteroatoms. The van der Waals surface area contributed by atoms with Crippen molar-refractivity contribution in [2.24, 2.45) is 0 Å². The Hall–Kier alpha value is -2.87. The molecule has 2 amide bonds. The Morgan fingerprint density at radius 2 is 1.34 bits per heavy atom. The van der Waals surface area contributed by atoms with Gasteiger partial charge in [0.1, 0.15) is 23.0 Å². The van der Waals surface area contributed by atoms with Gasteiger partial charge in [-0.25, -0.2) is 0 Å². The maximum atomic E-state index is 12.1. The van der Waals surface area contributed by atoms with Gasteiger partial charge in [-0.15, -0.1) is 0 Å². The molecule has 29 heavy (non-hydrogen) atoms. The van der Waals surface area contributed by atoms with Crippen LogP contribution >= 0.6 is 0 Å². The smallest absolute Gasteiger partial charge is 0.237 e. The van der Waals surface area contributed by atoms with Crippen molar-refractivity contribution in [1.82, 2.24) is 0 Å². The molecule has 0 aliphatic rings. The zero-order chi connectivity index (χ0) is 21.1. The molecule has 0 aliphatic carbocycles. The maximum Gasteiger partial charge on any atom is 0.237 e. The van der Waals surface area contributed by atoms with E-state index in [2.05, 4.69) is 17.6 Å². The number of hydrogen-bond donors (Lipinski definition) is 2. The first-order valence-electron chi connectivity index (χ1n) is 9.31. The molecule has 7 nitrogen and oxygen atoms in total. The van der Waals surface area contributed by atoms with E-state index in [9.17, 15) is 13.8 Å². The quantitative estimate of drug-likeness (QED) is 0.547. The third kappa shape index (κ3) is 8.35. The lowest BCUT2D eigenvalue weighted by atomic mass is 10.3. The molecule has 0 spiro atoms. The summed E-state index contributed by atoms with van der Waals surface area (Å²) in [5.74, 6) is 0.0446. The van der Waals surface area contributed by atoms with E-state index in [-0.39, 0.29) is 11.5 Å². The van der Waals surface area contributed by atoms with Gasteiger partial charge in [-0.1, -0.05) is 13.3 Å². The normalized spacial score (nSPS) is 11.4. The number of hydrogen-bond acceptors (Lipinski definition) is 5. The van der Waals surface area contributed by atoms with Crippen molar-refractivity contribution in [2.75, 3.05) is 35.9 Å². The Bertz CT molecular complexity index is 822. The van der Waals surface area contributed by atoms with Gasteiger partial charge >= 0.3 is 0 Å². The number of methoxy groups -OCH3 is 1. The van der Waals surface area contributed by atoms with Crippen LogP contribution in [-0.2, 0) is 20.4 Å². The summed E-state index contributed by atoms with van der Waals surface area (Å²) >= 11 is 0. The van der Waals surface area contributed by atoms with Crippen molar-refractivity contribution in [3.63, 3.8) is 0 Å². The number of carbonyl (C=O) groups excluding carboxylic acids is 2. The second-order valence-electron chi connectivity index (χ2n) is 6.28. The van der Waals surface area contributed by atoms with Crippen LogP contribution in [0.5, 0.6) is 11.5 Å². The summed E-state index contributed by atoms with van der Waals surface area (Å²) in [7, 11) is -0.0637. The maximum absolute atomic E-state index is 12.1. The van der Waals surface area contributed by atoms with Gasteiger partial charge < -0.3 is 20.1 Å². The number of unbranched alkanes of at least 4 members (excludes halogenated alkanes) is 1. The van der Waals surface area contributed by atoms with E-state index in [0.29, 0.717) is 23.7 Å². The molecule has 0 saturated heterocycles. The molecule has 156 valence electrons. The molecular formula is C21H26N2O5S. The van der Waals surface area contributed by atoms with Gasteiger partial charge in [-0.05, 0) is 55.0 Å². The van der Waals surface area contributed by atoms with Crippen molar-refractivity contribution < 1.29 is 23.3 Å². The Kier molecular flexibility index (Phi) is 9.17. The summed E-state index contributed by atoms with van der Waals surface area (Å²) in [6.07, 6.45) is 2.04. The van der Waals surface area contributed by atoms with Crippen LogP contribution in [0.2, 0.25) is 0 Å². The minimum Gasteiger partial charge on any atom is -0.497 e. The lowest BCUT2D eigenvalue weighted by molar-refractivity contribution is -0.114. The van der Waals surface area contributed by atoms with E-state index in [4.69, 9.17) is 9.47 Å². The summed E-state index contributed by atoms with van der Waals surface area (Å²) in [5, 5.41) is 5.31. The number of ether oxygens (including phenoxy) is 2. The summed E-state index contributed by atoms with van der Waals surface area (Å²) in [5.41, 5.74) is 1.15. The molecule has 0 saturated carbocycles. The third-order valence-corrected chi connectivity index (χ3v) is 5.03. The van der Waals surface area contributed by atoms with Gasteiger partial charge in [0.25, 0.3) is 0 Å². The summed E-state index contributed by atoms with van der Waals surface area (Å²) in [6, 6.07) is 13.8. The van der Waals surface area contributed by atoms with Gasteiger partial charge in [0.15, 0.2) is 0 Å². The van der Waals surface area contributed by atoms with Crippen LogP contribution in [0.15, 0.2) is 48.5 Å². The highest BCUT2D eigenvalue weighted by Gasteiger charge is 2.13. The lowest BCUT2D eigenvalue weighted by Gasteiger charge is -2.08. The predicted octanol–water partition coefficient (Wildman–Crippen LogP) is 3.20. The lowest BCUT2D eigenvalue weighted by Crippen LogP contribution is -2.26. The highest BCUT2D eigenvalue weighted by Crippen LogP contribution is 2.16. The van der Waals surface area contributed by atoms with Gasteiger partial charge in [0.2, 0.25) is 11.8 Å². The summed E-state index contributed by atoms with van der Waals surface area (Å²) in [4.78, 5) is 24.0. The van der Waals surface area contributed by atoms with Crippen molar-refractivity contribution in [1.29, 1.82) is 0 Å². The number of nitrogens with one attached hydrogen (secondary N) is 2. The topological polar surface area (TPSA) is 93.7 Å². The highest BCUT2D eigenvalue weighted by atomic mass is 32.2. The largest absolute Gasteiger partial charge is 0.497 e. The molecule has 1 atom stereocenters. The number of amides is 2. The van der Waals surface area contributed by atoms with E-state index in [1.54, 1.807) is 55.6 Å². The number of anilines is 2. The zero-order valence-electron chi connectivity index (χ0n) is 16.6. The predicted molar refractivity (Wildman–Crippen MR) is 115 cm³/mol. The van der Waals surface area contributed by atoms with Gasteiger partial charge in [0.05, 0.1) is 13.7 Å². The number of benzene rings is 2.